The van der Waals surface area contributed by atoms with Crippen LogP contribution in [0.2, 0.25) is 5.02 Å². The van der Waals surface area contributed by atoms with Gasteiger partial charge in [0.1, 0.15) is 5.75 Å². The number of nitrogens with zero attached hydrogens (tertiary/aromatic N) is 1. The zero-order valence-electron chi connectivity index (χ0n) is 16.3. The lowest BCUT2D eigenvalue weighted by Crippen LogP contribution is -2.43. The van der Waals surface area contributed by atoms with Gasteiger partial charge in [-0.2, -0.15) is 0 Å². The zero-order valence-corrected chi connectivity index (χ0v) is 17.9. The second-order valence-corrected chi connectivity index (χ2v) is 10.1. The van der Waals surface area contributed by atoms with Crippen molar-refractivity contribution in [3.05, 3.63) is 77.3 Å². The van der Waals surface area contributed by atoms with Crippen molar-refractivity contribution in [1.82, 2.24) is 4.90 Å². The minimum absolute atomic E-state index is 0.0132. The largest absolute Gasteiger partial charge is 0.484 e. The topological polar surface area (TPSA) is 63.7 Å². The van der Waals surface area contributed by atoms with Gasteiger partial charge < -0.3 is 9.64 Å². The van der Waals surface area contributed by atoms with Crippen molar-refractivity contribution >= 4 is 38.1 Å². The van der Waals surface area contributed by atoms with Crippen LogP contribution in [-0.4, -0.2) is 43.4 Å². The van der Waals surface area contributed by atoms with Crippen molar-refractivity contribution in [3.63, 3.8) is 0 Å². The van der Waals surface area contributed by atoms with Crippen LogP contribution in [0.5, 0.6) is 5.75 Å². The number of carbonyl (C=O) groups is 1. The van der Waals surface area contributed by atoms with E-state index in [4.69, 9.17) is 16.3 Å². The summed E-state index contributed by atoms with van der Waals surface area (Å²) in [5, 5.41) is 2.65. The first-order valence-corrected chi connectivity index (χ1v) is 12.0. The molecule has 3 aromatic rings. The van der Waals surface area contributed by atoms with Crippen LogP contribution in [0.15, 0.2) is 66.7 Å². The quantitative estimate of drug-likeness (QED) is 0.575. The molecule has 0 radical (unpaired) electrons. The average Bonchev–Trinajstić information content (AvgIpc) is 3.09. The number of fused-ring (bicyclic) bond motifs is 1. The predicted octanol–water partition coefficient (Wildman–Crippen LogP) is 4.09. The van der Waals surface area contributed by atoms with Crippen molar-refractivity contribution < 1.29 is 17.9 Å². The first-order valence-electron chi connectivity index (χ1n) is 9.76. The van der Waals surface area contributed by atoms with Gasteiger partial charge in [0.2, 0.25) is 0 Å². The van der Waals surface area contributed by atoms with Crippen LogP contribution in [0.4, 0.5) is 0 Å². The van der Waals surface area contributed by atoms with Crippen LogP contribution in [0.1, 0.15) is 12.0 Å². The molecule has 1 atom stereocenters. The maximum Gasteiger partial charge on any atom is 0.261 e. The molecule has 0 N–H and O–H groups in total. The van der Waals surface area contributed by atoms with Gasteiger partial charge in [-0.25, -0.2) is 8.42 Å². The van der Waals surface area contributed by atoms with E-state index in [1.165, 1.54) is 0 Å². The first-order chi connectivity index (χ1) is 14.4. The number of sulfone groups is 1. The Hall–Kier alpha value is -2.57. The molecule has 1 amide bonds. The van der Waals surface area contributed by atoms with Crippen molar-refractivity contribution in [2.75, 3.05) is 18.1 Å². The average molecular weight is 444 g/mol. The van der Waals surface area contributed by atoms with E-state index in [1.54, 1.807) is 29.2 Å². The van der Waals surface area contributed by atoms with Crippen LogP contribution in [0.3, 0.4) is 0 Å². The molecule has 1 aliphatic heterocycles. The highest BCUT2D eigenvalue weighted by atomic mass is 35.5. The molecule has 0 aliphatic carbocycles. The minimum Gasteiger partial charge on any atom is -0.484 e. The third-order valence-corrected chi connectivity index (χ3v) is 7.33. The summed E-state index contributed by atoms with van der Waals surface area (Å²) < 4.78 is 29.8. The van der Waals surface area contributed by atoms with Gasteiger partial charge in [-0.15, -0.1) is 0 Å². The van der Waals surface area contributed by atoms with E-state index in [-0.39, 0.29) is 30.1 Å². The Morgan fingerprint density at radius 2 is 1.83 bits per heavy atom. The molecule has 0 bridgehead atoms. The molecule has 156 valence electrons. The fourth-order valence-electron chi connectivity index (χ4n) is 3.84. The van der Waals surface area contributed by atoms with Gasteiger partial charge >= 0.3 is 0 Å². The zero-order chi connectivity index (χ0) is 21.1. The van der Waals surface area contributed by atoms with E-state index in [2.05, 4.69) is 0 Å². The summed E-state index contributed by atoms with van der Waals surface area (Å²) >= 11 is 5.98. The lowest BCUT2D eigenvalue weighted by Gasteiger charge is -2.29. The molecule has 1 heterocycles. The van der Waals surface area contributed by atoms with Crippen molar-refractivity contribution in [2.24, 2.45) is 0 Å². The Labute approximate surface area is 181 Å². The van der Waals surface area contributed by atoms with Crippen molar-refractivity contribution in [3.8, 4) is 5.75 Å². The SMILES string of the molecule is O=C(COc1cccc(Cl)c1)N(Cc1cccc2ccccc12)[C@@H]1CCS(=O)(=O)C1. The number of ether oxygens (including phenoxy) is 1. The smallest absolute Gasteiger partial charge is 0.261 e. The highest BCUT2D eigenvalue weighted by Gasteiger charge is 2.35. The fraction of sp³-hybridized carbons (Fsp3) is 0.261. The molecule has 0 unspecified atom stereocenters. The summed E-state index contributed by atoms with van der Waals surface area (Å²) in [6.45, 7) is 0.154. The fourth-order valence-corrected chi connectivity index (χ4v) is 5.75. The van der Waals surface area contributed by atoms with Gasteiger partial charge in [0.15, 0.2) is 16.4 Å². The van der Waals surface area contributed by atoms with Crippen LogP contribution in [0, 0.1) is 0 Å². The number of hydrogen-bond acceptors (Lipinski definition) is 4. The standard InChI is InChI=1S/C23H22ClNO4S/c24-19-8-4-9-21(13-19)29-15-23(26)25(20-11-12-30(27,28)16-20)14-18-7-3-6-17-5-1-2-10-22(17)18/h1-10,13,20H,11-12,14-16H2/t20-/m1/s1. The number of halogens is 1. The maximum atomic E-state index is 13.1. The van der Waals surface area contributed by atoms with E-state index in [0.29, 0.717) is 23.7 Å². The Bertz CT molecular complexity index is 1170. The second kappa shape index (κ2) is 8.66. The molecule has 1 fully saturated rings. The molecule has 0 spiro atoms. The molecule has 3 aromatic carbocycles. The molecule has 4 rings (SSSR count). The third kappa shape index (κ3) is 4.77. The van der Waals surface area contributed by atoms with E-state index in [9.17, 15) is 13.2 Å². The molecule has 0 saturated carbocycles. The van der Waals surface area contributed by atoms with Gasteiger partial charge in [0.05, 0.1) is 11.5 Å². The van der Waals surface area contributed by atoms with Gasteiger partial charge in [-0.3, -0.25) is 4.79 Å². The van der Waals surface area contributed by atoms with Crippen LogP contribution >= 0.6 is 11.6 Å². The van der Waals surface area contributed by atoms with Gasteiger partial charge in [0.25, 0.3) is 5.91 Å². The van der Waals surface area contributed by atoms with Crippen LogP contribution in [0.25, 0.3) is 10.8 Å². The summed E-state index contributed by atoms with van der Waals surface area (Å²) in [6, 6.07) is 20.4. The molecule has 7 heteroatoms. The molecular weight excluding hydrogens is 422 g/mol. The lowest BCUT2D eigenvalue weighted by atomic mass is 10.0. The Kier molecular flexibility index (Phi) is 5.97. The number of rotatable bonds is 6. The normalized spacial score (nSPS) is 17.7. The molecule has 0 aromatic heterocycles. The van der Waals surface area contributed by atoms with E-state index in [1.807, 2.05) is 42.5 Å². The number of hydrogen-bond donors (Lipinski definition) is 0. The summed E-state index contributed by atoms with van der Waals surface area (Å²) in [5.74, 6) is 0.345. The Balaban J connectivity index is 1.58. The summed E-state index contributed by atoms with van der Waals surface area (Å²) in [4.78, 5) is 14.8. The van der Waals surface area contributed by atoms with Gasteiger partial charge in [-0.1, -0.05) is 60.1 Å². The van der Waals surface area contributed by atoms with E-state index < -0.39 is 9.84 Å². The molecule has 30 heavy (non-hydrogen) atoms. The summed E-state index contributed by atoms with van der Waals surface area (Å²) in [6.07, 6.45) is 0.440. The number of carbonyl (C=O) groups excluding carboxylic acids is 1. The molecular formula is C23H22ClNO4S. The minimum atomic E-state index is -3.13. The first kappa shape index (κ1) is 20.7. The third-order valence-electron chi connectivity index (χ3n) is 5.35. The Morgan fingerprint density at radius 1 is 1.07 bits per heavy atom. The predicted molar refractivity (Wildman–Crippen MR) is 119 cm³/mol. The maximum absolute atomic E-state index is 13.1. The highest BCUT2D eigenvalue weighted by molar-refractivity contribution is 7.91. The second-order valence-electron chi connectivity index (χ2n) is 7.46. The van der Waals surface area contributed by atoms with Gasteiger partial charge in [-0.05, 0) is 41.0 Å². The van der Waals surface area contributed by atoms with E-state index in [0.717, 1.165) is 16.3 Å². The summed E-state index contributed by atoms with van der Waals surface area (Å²) in [5.41, 5.74) is 0.980. The van der Waals surface area contributed by atoms with Crippen LogP contribution in [-0.2, 0) is 21.2 Å². The number of benzene rings is 3. The van der Waals surface area contributed by atoms with Crippen molar-refractivity contribution in [2.45, 2.75) is 19.0 Å². The van der Waals surface area contributed by atoms with E-state index >= 15 is 0 Å². The molecule has 5 nitrogen and oxygen atoms in total. The number of amides is 1. The van der Waals surface area contributed by atoms with Crippen molar-refractivity contribution in [1.29, 1.82) is 0 Å². The lowest BCUT2D eigenvalue weighted by molar-refractivity contribution is -0.135. The monoisotopic (exact) mass is 443 g/mol. The Morgan fingerprint density at radius 3 is 2.60 bits per heavy atom. The summed E-state index contributed by atoms with van der Waals surface area (Å²) in [7, 11) is -3.13. The highest BCUT2D eigenvalue weighted by Crippen LogP contribution is 2.25. The van der Waals surface area contributed by atoms with Gasteiger partial charge in [0, 0.05) is 17.6 Å². The van der Waals surface area contributed by atoms with Crippen LogP contribution < -0.4 is 4.74 Å². The molecule has 1 saturated heterocycles. The molecule has 1 aliphatic rings.